The number of benzene rings is 2. The average Bonchev–Trinajstić information content (AvgIpc) is 2.84. The molecule has 36 heavy (non-hydrogen) atoms. The monoisotopic (exact) mass is 500 g/mol. The molecule has 2 aromatic carbocycles. The molecule has 4 N–H and O–H groups in total. The van der Waals surface area contributed by atoms with Gasteiger partial charge in [0.05, 0.1) is 52.1 Å². The van der Waals surface area contributed by atoms with E-state index >= 15 is 0 Å². The second kappa shape index (κ2) is 8.43. The van der Waals surface area contributed by atoms with Gasteiger partial charge >= 0.3 is 0 Å². The molecule has 2 aromatic rings. The Morgan fingerprint density at radius 1 is 0.972 bits per heavy atom. The quantitative estimate of drug-likeness (QED) is 0.495. The number of phenols is 2. The molecule has 5 atom stereocenters. The van der Waals surface area contributed by atoms with Crippen LogP contribution < -0.4 is 14.2 Å². The fourth-order valence-electron chi connectivity index (χ4n) is 6.62. The van der Waals surface area contributed by atoms with Crippen molar-refractivity contribution in [3.05, 3.63) is 39.4 Å². The maximum atomic E-state index is 14.0. The Kier molecular flexibility index (Phi) is 5.73. The number of amides is 1. The highest BCUT2D eigenvalue weighted by Crippen LogP contribution is 2.59. The molecule has 1 fully saturated rings. The molecule has 1 saturated heterocycles. The lowest BCUT2D eigenvalue weighted by atomic mass is 9.72. The Hall–Kier alpha value is -3.21. The molecule has 2 unspecified atom stereocenters. The highest BCUT2D eigenvalue weighted by molar-refractivity contribution is 5.86. The lowest BCUT2D eigenvalue weighted by Crippen LogP contribution is -2.67. The number of likely N-dealkylation sites (N-methyl/N-ethyl adjacent to an activating group) is 1. The maximum absolute atomic E-state index is 14.0. The first-order valence-electron chi connectivity index (χ1n) is 11.8. The van der Waals surface area contributed by atoms with Gasteiger partial charge in [-0.05, 0) is 38.4 Å². The fraction of sp³-hybridized carbons (Fsp3) is 0.500. The number of methoxy groups -OCH3 is 3. The third-order valence-electron chi connectivity index (χ3n) is 8.15. The van der Waals surface area contributed by atoms with Crippen molar-refractivity contribution < 1.29 is 39.4 Å². The fourth-order valence-corrected chi connectivity index (χ4v) is 6.62. The molecule has 0 spiro atoms. The Labute approximate surface area is 209 Å². The number of aliphatic hydroxyl groups excluding tert-OH is 2. The van der Waals surface area contributed by atoms with Gasteiger partial charge < -0.3 is 39.5 Å². The van der Waals surface area contributed by atoms with Gasteiger partial charge in [0.25, 0.3) is 0 Å². The van der Waals surface area contributed by atoms with Crippen LogP contribution in [0.2, 0.25) is 0 Å². The van der Waals surface area contributed by atoms with Crippen LogP contribution >= 0.6 is 0 Å². The normalized spacial score (nSPS) is 26.7. The molecule has 3 heterocycles. The summed E-state index contributed by atoms with van der Waals surface area (Å²) in [6, 6.07) is -1.11. The molecule has 0 radical (unpaired) electrons. The van der Waals surface area contributed by atoms with Crippen LogP contribution in [0, 0.1) is 13.8 Å². The zero-order chi connectivity index (χ0) is 26.2. The van der Waals surface area contributed by atoms with Gasteiger partial charge in [-0.2, -0.15) is 0 Å². The summed E-state index contributed by atoms with van der Waals surface area (Å²) in [5.74, 6) is 0.357. The predicted octanol–water partition coefficient (Wildman–Crippen LogP) is 1.63. The van der Waals surface area contributed by atoms with Crippen LogP contribution in [0.3, 0.4) is 0 Å². The summed E-state index contributed by atoms with van der Waals surface area (Å²) in [5.41, 5.74) is 2.97. The minimum atomic E-state index is -1.35. The van der Waals surface area contributed by atoms with Crippen molar-refractivity contribution in [3.63, 3.8) is 0 Å². The van der Waals surface area contributed by atoms with E-state index < -0.39 is 36.9 Å². The van der Waals surface area contributed by atoms with E-state index in [9.17, 15) is 25.2 Å². The van der Waals surface area contributed by atoms with E-state index in [1.807, 2.05) is 17.9 Å². The van der Waals surface area contributed by atoms with Crippen LogP contribution in [0.5, 0.6) is 28.7 Å². The summed E-state index contributed by atoms with van der Waals surface area (Å²) < 4.78 is 16.6. The third-order valence-corrected chi connectivity index (χ3v) is 8.15. The van der Waals surface area contributed by atoms with E-state index in [-0.39, 0.29) is 34.5 Å². The van der Waals surface area contributed by atoms with Crippen molar-refractivity contribution in [2.24, 2.45) is 0 Å². The molecule has 5 rings (SSSR count). The Morgan fingerprint density at radius 3 is 2.19 bits per heavy atom. The number of rotatable bonds is 4. The van der Waals surface area contributed by atoms with Crippen LogP contribution in [0.15, 0.2) is 6.07 Å². The number of nitrogens with zero attached hydrogens (tertiary/aromatic N) is 2. The molecule has 1 amide bonds. The first kappa shape index (κ1) is 24.5. The van der Waals surface area contributed by atoms with Gasteiger partial charge in [0.15, 0.2) is 23.0 Å². The molecule has 10 nitrogen and oxygen atoms in total. The summed E-state index contributed by atoms with van der Waals surface area (Å²) in [7, 11) is 6.14. The van der Waals surface area contributed by atoms with E-state index in [1.165, 1.54) is 26.2 Å². The smallest absolute Gasteiger partial charge is 0.241 e. The molecule has 0 aliphatic carbocycles. The van der Waals surface area contributed by atoms with Crippen molar-refractivity contribution >= 4 is 5.91 Å². The molecule has 194 valence electrons. The number of ether oxygens (including phenoxy) is 3. The zero-order valence-electron chi connectivity index (χ0n) is 21.2. The van der Waals surface area contributed by atoms with Crippen LogP contribution in [0.4, 0.5) is 0 Å². The van der Waals surface area contributed by atoms with Crippen molar-refractivity contribution in [1.82, 2.24) is 9.80 Å². The topological polar surface area (TPSA) is 132 Å². The number of carbonyl (C=O) groups is 1. The van der Waals surface area contributed by atoms with E-state index in [0.717, 1.165) is 11.1 Å². The predicted molar refractivity (Wildman–Crippen MR) is 129 cm³/mol. The Balaban J connectivity index is 1.82. The highest BCUT2D eigenvalue weighted by Gasteiger charge is 2.58. The van der Waals surface area contributed by atoms with Gasteiger partial charge in [-0.3, -0.25) is 9.69 Å². The van der Waals surface area contributed by atoms with E-state index in [4.69, 9.17) is 14.2 Å². The van der Waals surface area contributed by atoms with Crippen LogP contribution in [0.1, 0.15) is 51.6 Å². The highest BCUT2D eigenvalue weighted by atomic mass is 16.5. The summed E-state index contributed by atoms with van der Waals surface area (Å²) in [4.78, 5) is 17.3. The van der Waals surface area contributed by atoms with E-state index in [1.54, 1.807) is 14.0 Å². The number of aliphatic hydroxyl groups is 2. The third kappa shape index (κ3) is 2.92. The summed E-state index contributed by atoms with van der Waals surface area (Å²) >= 11 is 0. The number of hydrogen-bond acceptors (Lipinski definition) is 9. The van der Waals surface area contributed by atoms with Gasteiger partial charge in [-0.25, -0.2) is 0 Å². The standard InChI is InChI=1S/C26H32N2O8/c1-10-7-12-8-13-26(33)28-14(9-29)16-17(20(30)11(2)24(35-5)25(16)36-6)21(31)19(28)18(27(13)3)15(12)22(32)23(10)34-4/h7,13-14,18-19,21,29-32H,8-9H2,1-6H3/t13-,14-,18+,19?,21?/m0/s1. The second-order valence-corrected chi connectivity index (χ2v) is 9.73. The summed E-state index contributed by atoms with van der Waals surface area (Å²) in [5, 5.41) is 44.9. The molecular weight excluding hydrogens is 468 g/mol. The number of hydrogen-bond donors (Lipinski definition) is 4. The van der Waals surface area contributed by atoms with Crippen molar-refractivity contribution in [2.45, 2.75) is 50.5 Å². The summed E-state index contributed by atoms with van der Waals surface area (Å²) in [6.45, 7) is 3.01. The molecule has 3 aliphatic heterocycles. The van der Waals surface area contributed by atoms with E-state index in [0.29, 0.717) is 28.9 Å². The van der Waals surface area contributed by atoms with E-state index in [2.05, 4.69) is 0 Å². The molecule has 2 bridgehead atoms. The number of phenolic OH excluding ortho intramolecular Hbond substituents is 2. The van der Waals surface area contributed by atoms with Gasteiger partial charge in [0.1, 0.15) is 11.9 Å². The Bertz CT molecular complexity index is 1260. The van der Waals surface area contributed by atoms with Gasteiger partial charge in [0.2, 0.25) is 5.91 Å². The Morgan fingerprint density at radius 2 is 1.61 bits per heavy atom. The van der Waals surface area contributed by atoms with Gasteiger partial charge in [0, 0.05) is 22.3 Å². The summed E-state index contributed by atoms with van der Waals surface area (Å²) in [6.07, 6.45) is -1.000. The lowest BCUT2D eigenvalue weighted by molar-refractivity contribution is -0.168. The minimum absolute atomic E-state index is 0.0386. The first-order valence-corrected chi connectivity index (χ1v) is 11.8. The number of carbonyl (C=O) groups excluding carboxylic acids is 1. The van der Waals surface area contributed by atoms with Gasteiger partial charge in [-0.1, -0.05) is 6.07 Å². The first-order chi connectivity index (χ1) is 17.1. The van der Waals surface area contributed by atoms with Gasteiger partial charge in [-0.15, -0.1) is 0 Å². The molecular formula is C26H32N2O8. The number of fused-ring (bicyclic) bond motifs is 7. The van der Waals surface area contributed by atoms with Crippen molar-refractivity contribution in [1.29, 1.82) is 0 Å². The SMILES string of the molecule is COc1c(C)cc2c(c1O)[C@@H]1C3C(O)c4c(O)c(C)c(OC)c(OC)c4[C@H](CO)N3C(=O)[C@H](C2)N1C. The van der Waals surface area contributed by atoms with Crippen molar-refractivity contribution in [3.8, 4) is 28.7 Å². The van der Waals surface area contributed by atoms with Crippen LogP contribution in [0.25, 0.3) is 0 Å². The zero-order valence-corrected chi connectivity index (χ0v) is 21.2. The van der Waals surface area contributed by atoms with Crippen molar-refractivity contribution in [2.75, 3.05) is 35.0 Å². The number of aromatic hydroxyl groups is 2. The molecule has 3 aliphatic rings. The maximum Gasteiger partial charge on any atom is 0.241 e. The minimum Gasteiger partial charge on any atom is -0.507 e. The average molecular weight is 501 g/mol. The largest absolute Gasteiger partial charge is 0.507 e. The number of piperazine rings is 1. The second-order valence-electron chi connectivity index (χ2n) is 9.73. The molecule has 0 saturated carbocycles. The van der Waals surface area contributed by atoms with Crippen LogP contribution in [-0.4, -0.2) is 83.2 Å². The van der Waals surface area contributed by atoms with Crippen LogP contribution in [-0.2, 0) is 11.2 Å². The number of aryl methyl sites for hydroxylation is 1. The lowest BCUT2D eigenvalue weighted by Gasteiger charge is -2.58. The molecule has 10 heteroatoms. The molecule has 0 aromatic heterocycles.